The molecule has 6 heteroatoms. The third-order valence-corrected chi connectivity index (χ3v) is 3.06. The molecule has 0 amide bonds. The van der Waals surface area contributed by atoms with Crippen molar-refractivity contribution < 1.29 is 14.2 Å². The standard InChI is InChI=1S/C14H21N3O3/c1-18-7-6-15-5-4-14-16-10-8-12(19-2)13(20-3)9-11(10)17-14/h8-9,15H,4-7H2,1-3H3,(H,16,17). The van der Waals surface area contributed by atoms with Crippen molar-refractivity contribution in [2.75, 3.05) is 41.0 Å². The van der Waals surface area contributed by atoms with Gasteiger partial charge in [0.2, 0.25) is 0 Å². The van der Waals surface area contributed by atoms with Crippen LogP contribution in [0.2, 0.25) is 0 Å². The molecule has 0 atom stereocenters. The Balaban J connectivity index is 2.05. The van der Waals surface area contributed by atoms with Gasteiger partial charge in [-0.3, -0.25) is 0 Å². The summed E-state index contributed by atoms with van der Waals surface area (Å²) in [5, 5.41) is 3.29. The lowest BCUT2D eigenvalue weighted by molar-refractivity contribution is 0.199. The summed E-state index contributed by atoms with van der Waals surface area (Å²) in [5.41, 5.74) is 1.84. The topological polar surface area (TPSA) is 68.4 Å². The summed E-state index contributed by atoms with van der Waals surface area (Å²) in [6, 6.07) is 3.79. The number of hydrogen-bond acceptors (Lipinski definition) is 5. The number of benzene rings is 1. The molecule has 2 N–H and O–H groups in total. The number of hydrogen-bond donors (Lipinski definition) is 2. The number of imidazole rings is 1. The van der Waals surface area contributed by atoms with E-state index in [0.29, 0.717) is 18.1 Å². The SMILES string of the molecule is COCCNCCc1nc2cc(OC)c(OC)cc2[nH]1. The van der Waals surface area contributed by atoms with Crippen molar-refractivity contribution in [2.45, 2.75) is 6.42 Å². The quantitative estimate of drug-likeness (QED) is 0.714. The lowest BCUT2D eigenvalue weighted by Crippen LogP contribution is -2.22. The molecular weight excluding hydrogens is 258 g/mol. The molecule has 0 unspecified atom stereocenters. The molecule has 6 nitrogen and oxygen atoms in total. The summed E-state index contributed by atoms with van der Waals surface area (Å²) < 4.78 is 15.5. The molecule has 110 valence electrons. The van der Waals surface area contributed by atoms with Gasteiger partial charge in [0.15, 0.2) is 11.5 Å². The van der Waals surface area contributed by atoms with Crippen molar-refractivity contribution in [3.8, 4) is 11.5 Å². The van der Waals surface area contributed by atoms with Crippen molar-refractivity contribution in [1.29, 1.82) is 0 Å². The minimum atomic E-state index is 0.691. The molecule has 0 saturated carbocycles. The van der Waals surface area contributed by atoms with Gasteiger partial charge in [-0.25, -0.2) is 4.98 Å². The number of aromatic amines is 1. The Morgan fingerprint density at radius 3 is 2.55 bits per heavy atom. The Morgan fingerprint density at radius 2 is 1.85 bits per heavy atom. The minimum absolute atomic E-state index is 0.691. The Labute approximate surface area is 118 Å². The number of nitrogens with one attached hydrogen (secondary N) is 2. The van der Waals surface area contributed by atoms with Crippen LogP contribution in [0.25, 0.3) is 11.0 Å². The van der Waals surface area contributed by atoms with E-state index in [4.69, 9.17) is 14.2 Å². The fraction of sp³-hybridized carbons (Fsp3) is 0.500. The highest BCUT2D eigenvalue weighted by Gasteiger charge is 2.09. The minimum Gasteiger partial charge on any atom is -0.493 e. The molecule has 1 heterocycles. The van der Waals surface area contributed by atoms with Crippen LogP contribution >= 0.6 is 0 Å². The number of ether oxygens (including phenoxy) is 3. The van der Waals surface area contributed by atoms with E-state index in [1.165, 1.54) is 0 Å². The van der Waals surface area contributed by atoms with E-state index < -0.39 is 0 Å². The van der Waals surface area contributed by atoms with E-state index in [-0.39, 0.29) is 0 Å². The zero-order valence-electron chi connectivity index (χ0n) is 12.2. The monoisotopic (exact) mass is 279 g/mol. The molecule has 1 aromatic heterocycles. The normalized spacial score (nSPS) is 10.9. The van der Waals surface area contributed by atoms with Crippen LogP contribution in [0.4, 0.5) is 0 Å². The summed E-state index contributed by atoms with van der Waals surface area (Å²) in [6.07, 6.45) is 0.836. The summed E-state index contributed by atoms with van der Waals surface area (Å²) in [6.45, 7) is 2.42. The first-order valence-corrected chi connectivity index (χ1v) is 6.58. The first-order chi connectivity index (χ1) is 9.78. The van der Waals surface area contributed by atoms with E-state index in [9.17, 15) is 0 Å². The maximum absolute atomic E-state index is 5.28. The highest BCUT2D eigenvalue weighted by molar-refractivity contribution is 5.79. The number of H-pyrrole nitrogens is 1. The Morgan fingerprint density at radius 1 is 1.10 bits per heavy atom. The first-order valence-electron chi connectivity index (χ1n) is 6.58. The van der Waals surface area contributed by atoms with Gasteiger partial charge in [-0.05, 0) is 0 Å². The molecule has 2 aromatic rings. The molecule has 0 radical (unpaired) electrons. The molecule has 0 saturated heterocycles. The summed E-state index contributed by atoms with van der Waals surface area (Å²) in [5.74, 6) is 2.34. The molecule has 2 rings (SSSR count). The predicted molar refractivity (Wildman–Crippen MR) is 77.6 cm³/mol. The smallest absolute Gasteiger partial charge is 0.163 e. The Bertz CT molecular complexity index is 513. The van der Waals surface area contributed by atoms with Crippen molar-refractivity contribution >= 4 is 11.0 Å². The van der Waals surface area contributed by atoms with Crippen LogP contribution in [0.1, 0.15) is 5.82 Å². The van der Waals surface area contributed by atoms with Gasteiger partial charge in [-0.15, -0.1) is 0 Å². The van der Waals surface area contributed by atoms with Crippen molar-refractivity contribution in [3.63, 3.8) is 0 Å². The fourth-order valence-corrected chi connectivity index (χ4v) is 2.01. The van der Waals surface area contributed by atoms with E-state index in [2.05, 4.69) is 15.3 Å². The van der Waals surface area contributed by atoms with E-state index in [1.807, 2.05) is 12.1 Å². The molecule has 0 fully saturated rings. The van der Waals surface area contributed by atoms with Gasteiger partial charge in [-0.2, -0.15) is 0 Å². The van der Waals surface area contributed by atoms with Crippen LogP contribution in [0, 0.1) is 0 Å². The van der Waals surface area contributed by atoms with Gasteiger partial charge in [0.25, 0.3) is 0 Å². The number of methoxy groups -OCH3 is 3. The second-order valence-corrected chi connectivity index (χ2v) is 4.40. The molecular formula is C14H21N3O3. The molecule has 0 aliphatic heterocycles. The predicted octanol–water partition coefficient (Wildman–Crippen LogP) is 1.36. The van der Waals surface area contributed by atoms with Gasteiger partial charge in [0.05, 0.1) is 31.9 Å². The molecule has 0 spiro atoms. The van der Waals surface area contributed by atoms with Crippen LogP contribution in [0.3, 0.4) is 0 Å². The average molecular weight is 279 g/mol. The highest BCUT2D eigenvalue weighted by Crippen LogP contribution is 2.30. The number of aromatic nitrogens is 2. The van der Waals surface area contributed by atoms with Gasteiger partial charge in [0, 0.05) is 38.8 Å². The fourth-order valence-electron chi connectivity index (χ4n) is 2.01. The zero-order valence-corrected chi connectivity index (χ0v) is 12.2. The van der Waals surface area contributed by atoms with Crippen molar-refractivity contribution in [3.05, 3.63) is 18.0 Å². The third kappa shape index (κ3) is 3.40. The highest BCUT2D eigenvalue weighted by atomic mass is 16.5. The molecule has 0 aliphatic rings. The lowest BCUT2D eigenvalue weighted by atomic mass is 10.3. The number of nitrogens with zero attached hydrogens (tertiary/aromatic N) is 1. The second-order valence-electron chi connectivity index (χ2n) is 4.40. The van der Waals surface area contributed by atoms with E-state index in [0.717, 1.165) is 36.4 Å². The maximum Gasteiger partial charge on any atom is 0.163 e. The molecule has 1 aromatic carbocycles. The van der Waals surface area contributed by atoms with Gasteiger partial charge < -0.3 is 24.5 Å². The van der Waals surface area contributed by atoms with Gasteiger partial charge >= 0.3 is 0 Å². The Kier molecular flexibility index (Phi) is 5.20. The third-order valence-electron chi connectivity index (χ3n) is 3.06. The second kappa shape index (κ2) is 7.12. The summed E-state index contributed by atoms with van der Waals surface area (Å²) >= 11 is 0. The Hall–Kier alpha value is -1.79. The average Bonchev–Trinajstić information content (AvgIpc) is 2.87. The number of rotatable bonds is 8. The van der Waals surface area contributed by atoms with Gasteiger partial charge in [-0.1, -0.05) is 0 Å². The lowest BCUT2D eigenvalue weighted by Gasteiger charge is -2.06. The van der Waals surface area contributed by atoms with Crippen LogP contribution in [0.15, 0.2) is 12.1 Å². The summed E-state index contributed by atoms with van der Waals surface area (Å²) in [4.78, 5) is 7.85. The summed E-state index contributed by atoms with van der Waals surface area (Å²) in [7, 11) is 4.94. The van der Waals surface area contributed by atoms with Crippen LogP contribution in [0.5, 0.6) is 11.5 Å². The van der Waals surface area contributed by atoms with Crippen molar-refractivity contribution in [1.82, 2.24) is 15.3 Å². The van der Waals surface area contributed by atoms with E-state index in [1.54, 1.807) is 21.3 Å². The first kappa shape index (κ1) is 14.6. The van der Waals surface area contributed by atoms with E-state index >= 15 is 0 Å². The maximum atomic E-state index is 5.28. The van der Waals surface area contributed by atoms with Crippen molar-refractivity contribution in [2.24, 2.45) is 0 Å². The molecule has 0 aliphatic carbocycles. The largest absolute Gasteiger partial charge is 0.493 e. The molecule has 0 bridgehead atoms. The van der Waals surface area contributed by atoms with Gasteiger partial charge in [0.1, 0.15) is 5.82 Å². The van der Waals surface area contributed by atoms with Crippen LogP contribution < -0.4 is 14.8 Å². The van der Waals surface area contributed by atoms with Crippen LogP contribution in [-0.2, 0) is 11.2 Å². The number of fused-ring (bicyclic) bond motifs is 1. The zero-order chi connectivity index (χ0) is 14.4. The van der Waals surface area contributed by atoms with Crippen LogP contribution in [-0.4, -0.2) is 51.0 Å². The molecule has 20 heavy (non-hydrogen) atoms.